The summed E-state index contributed by atoms with van der Waals surface area (Å²) in [5.74, 6) is 0.640. The molecule has 0 amide bonds. The third-order valence-electron chi connectivity index (χ3n) is 2.33. The highest BCUT2D eigenvalue weighted by molar-refractivity contribution is 4.76. The lowest BCUT2D eigenvalue weighted by molar-refractivity contribution is 0.00748. The first-order chi connectivity index (χ1) is 7.34. The van der Waals surface area contributed by atoms with Gasteiger partial charge in [0.05, 0.1) is 19.3 Å². The van der Waals surface area contributed by atoms with Crippen LogP contribution in [-0.2, 0) is 11.3 Å². The molecular weight excluding hydrogens is 196 g/mol. The maximum Gasteiger partial charge on any atom is 0.240 e. The fraction of sp³-hybridized carbons (Fsp3) is 0.778. The lowest BCUT2D eigenvalue weighted by Gasteiger charge is -2.27. The lowest BCUT2D eigenvalue weighted by atomic mass is 10.3. The number of morpholine rings is 1. The van der Waals surface area contributed by atoms with Crippen LogP contribution < -0.4 is 5.32 Å². The first kappa shape index (κ1) is 10.5. The van der Waals surface area contributed by atoms with Crippen LogP contribution in [-0.4, -0.2) is 54.4 Å². The Morgan fingerprint density at radius 3 is 3.27 bits per heavy atom. The number of nitrogens with one attached hydrogen (secondary N) is 1. The van der Waals surface area contributed by atoms with Crippen LogP contribution in [0.3, 0.4) is 0 Å². The standard InChI is InChI=1S/C9H16N4O2/c1-13(6-9-11-7-12-15-9)5-8-4-10-2-3-14-8/h7-8,10H,2-6H2,1H3. The molecule has 1 aliphatic rings. The van der Waals surface area contributed by atoms with Gasteiger partial charge < -0.3 is 14.6 Å². The van der Waals surface area contributed by atoms with Gasteiger partial charge in [0.2, 0.25) is 5.89 Å². The van der Waals surface area contributed by atoms with E-state index in [1.54, 1.807) is 0 Å². The quantitative estimate of drug-likeness (QED) is 0.725. The van der Waals surface area contributed by atoms with E-state index in [9.17, 15) is 0 Å². The Morgan fingerprint density at radius 1 is 1.67 bits per heavy atom. The van der Waals surface area contributed by atoms with Crippen molar-refractivity contribution in [2.24, 2.45) is 0 Å². The second kappa shape index (κ2) is 5.20. The minimum absolute atomic E-state index is 0.256. The molecule has 6 heteroatoms. The molecular formula is C9H16N4O2. The molecule has 2 heterocycles. The molecule has 0 saturated carbocycles. The van der Waals surface area contributed by atoms with Gasteiger partial charge in [0.1, 0.15) is 0 Å². The van der Waals surface area contributed by atoms with Crippen LogP contribution in [0.4, 0.5) is 0 Å². The monoisotopic (exact) mass is 212 g/mol. The average molecular weight is 212 g/mol. The Bertz CT molecular complexity index is 272. The summed E-state index contributed by atoms with van der Waals surface area (Å²) in [6.07, 6.45) is 1.67. The molecule has 1 atom stereocenters. The number of likely N-dealkylation sites (N-methyl/N-ethyl adjacent to an activating group) is 1. The summed E-state index contributed by atoms with van der Waals surface area (Å²) in [7, 11) is 2.02. The molecule has 1 N–H and O–H groups in total. The summed E-state index contributed by atoms with van der Waals surface area (Å²) < 4.78 is 10.5. The minimum Gasteiger partial charge on any atom is -0.374 e. The Labute approximate surface area is 88.6 Å². The van der Waals surface area contributed by atoms with E-state index in [0.717, 1.165) is 26.2 Å². The minimum atomic E-state index is 0.256. The molecule has 1 saturated heterocycles. The Balaban J connectivity index is 1.74. The Morgan fingerprint density at radius 2 is 2.60 bits per heavy atom. The maximum atomic E-state index is 5.60. The molecule has 1 aromatic rings. The van der Waals surface area contributed by atoms with Crippen molar-refractivity contribution in [2.75, 3.05) is 33.3 Å². The highest BCUT2D eigenvalue weighted by Crippen LogP contribution is 2.02. The summed E-state index contributed by atoms with van der Waals surface area (Å²) in [6.45, 7) is 4.19. The molecule has 84 valence electrons. The zero-order valence-electron chi connectivity index (χ0n) is 8.85. The van der Waals surface area contributed by atoms with Crippen LogP contribution in [0.1, 0.15) is 5.89 Å². The van der Waals surface area contributed by atoms with Crippen molar-refractivity contribution < 1.29 is 9.26 Å². The maximum absolute atomic E-state index is 5.60. The number of hydrogen-bond donors (Lipinski definition) is 1. The highest BCUT2D eigenvalue weighted by Gasteiger charge is 2.16. The summed E-state index contributed by atoms with van der Waals surface area (Å²) in [4.78, 5) is 6.09. The Hall–Kier alpha value is -0.980. The second-order valence-electron chi connectivity index (χ2n) is 3.73. The van der Waals surface area contributed by atoms with Gasteiger partial charge in [-0.15, -0.1) is 0 Å². The van der Waals surface area contributed by atoms with E-state index in [4.69, 9.17) is 9.26 Å². The number of hydrogen-bond acceptors (Lipinski definition) is 6. The molecule has 1 aliphatic heterocycles. The third-order valence-corrected chi connectivity index (χ3v) is 2.33. The van der Waals surface area contributed by atoms with Crippen molar-refractivity contribution >= 4 is 0 Å². The van der Waals surface area contributed by atoms with Gasteiger partial charge >= 0.3 is 0 Å². The molecule has 15 heavy (non-hydrogen) atoms. The van der Waals surface area contributed by atoms with Crippen LogP contribution in [0, 0.1) is 0 Å². The first-order valence-electron chi connectivity index (χ1n) is 5.11. The normalized spacial score (nSPS) is 22.1. The molecule has 1 unspecified atom stereocenters. The lowest BCUT2D eigenvalue weighted by Crippen LogP contribution is -2.44. The van der Waals surface area contributed by atoms with Gasteiger partial charge in [-0.1, -0.05) is 5.16 Å². The molecule has 2 rings (SSSR count). The fourth-order valence-corrected chi connectivity index (χ4v) is 1.65. The van der Waals surface area contributed by atoms with E-state index in [1.165, 1.54) is 6.33 Å². The zero-order chi connectivity index (χ0) is 10.5. The predicted molar refractivity (Wildman–Crippen MR) is 53.2 cm³/mol. The van der Waals surface area contributed by atoms with Crippen molar-refractivity contribution in [3.8, 4) is 0 Å². The largest absolute Gasteiger partial charge is 0.374 e. The van der Waals surface area contributed by atoms with E-state index >= 15 is 0 Å². The molecule has 1 fully saturated rings. The van der Waals surface area contributed by atoms with E-state index in [1.807, 2.05) is 7.05 Å². The van der Waals surface area contributed by atoms with Crippen molar-refractivity contribution in [1.29, 1.82) is 0 Å². The number of aromatic nitrogens is 2. The van der Waals surface area contributed by atoms with E-state index < -0.39 is 0 Å². The summed E-state index contributed by atoms with van der Waals surface area (Å²) in [6, 6.07) is 0. The van der Waals surface area contributed by atoms with Crippen LogP contribution in [0.2, 0.25) is 0 Å². The first-order valence-corrected chi connectivity index (χ1v) is 5.11. The predicted octanol–water partition coefficient (Wildman–Crippen LogP) is -0.510. The van der Waals surface area contributed by atoms with Crippen LogP contribution in [0.15, 0.2) is 10.9 Å². The molecule has 0 aromatic carbocycles. The molecule has 0 aliphatic carbocycles. The molecule has 0 spiro atoms. The molecule has 6 nitrogen and oxygen atoms in total. The van der Waals surface area contributed by atoms with Gasteiger partial charge in [0.15, 0.2) is 6.33 Å². The van der Waals surface area contributed by atoms with Gasteiger partial charge in [0, 0.05) is 19.6 Å². The Kier molecular flexibility index (Phi) is 3.65. The smallest absolute Gasteiger partial charge is 0.240 e. The van der Waals surface area contributed by atoms with E-state index in [0.29, 0.717) is 12.4 Å². The number of nitrogens with zero attached hydrogens (tertiary/aromatic N) is 3. The summed E-state index contributed by atoms with van der Waals surface area (Å²) in [5, 5.41) is 6.86. The second-order valence-corrected chi connectivity index (χ2v) is 3.73. The van der Waals surface area contributed by atoms with E-state index in [2.05, 4.69) is 20.4 Å². The zero-order valence-corrected chi connectivity index (χ0v) is 8.85. The van der Waals surface area contributed by atoms with Gasteiger partial charge in [-0.2, -0.15) is 4.98 Å². The van der Waals surface area contributed by atoms with Crippen LogP contribution in [0.25, 0.3) is 0 Å². The van der Waals surface area contributed by atoms with Crippen molar-refractivity contribution in [3.63, 3.8) is 0 Å². The van der Waals surface area contributed by atoms with Gasteiger partial charge in [-0.25, -0.2) is 0 Å². The van der Waals surface area contributed by atoms with Crippen LogP contribution in [0.5, 0.6) is 0 Å². The summed E-state index contributed by atoms with van der Waals surface area (Å²) >= 11 is 0. The highest BCUT2D eigenvalue weighted by atomic mass is 16.5. The van der Waals surface area contributed by atoms with Gasteiger partial charge in [0.25, 0.3) is 0 Å². The molecule has 0 bridgehead atoms. The fourth-order valence-electron chi connectivity index (χ4n) is 1.65. The van der Waals surface area contributed by atoms with E-state index in [-0.39, 0.29) is 6.10 Å². The summed E-state index contributed by atoms with van der Waals surface area (Å²) in [5.41, 5.74) is 0. The SMILES string of the molecule is CN(Cc1ncno1)CC1CNCCO1. The van der Waals surface area contributed by atoms with Crippen LogP contribution >= 0.6 is 0 Å². The van der Waals surface area contributed by atoms with Crippen molar-refractivity contribution in [1.82, 2.24) is 20.4 Å². The van der Waals surface area contributed by atoms with Gasteiger partial charge in [-0.3, -0.25) is 4.90 Å². The van der Waals surface area contributed by atoms with Crippen molar-refractivity contribution in [2.45, 2.75) is 12.6 Å². The van der Waals surface area contributed by atoms with Crippen molar-refractivity contribution in [3.05, 3.63) is 12.2 Å². The molecule has 1 aromatic heterocycles. The number of ether oxygens (including phenoxy) is 1. The molecule has 0 radical (unpaired) electrons. The topological polar surface area (TPSA) is 63.4 Å². The van der Waals surface area contributed by atoms with Gasteiger partial charge in [-0.05, 0) is 7.05 Å². The number of rotatable bonds is 4. The third kappa shape index (κ3) is 3.26. The average Bonchev–Trinajstić information content (AvgIpc) is 2.71.